The van der Waals surface area contributed by atoms with Crippen LogP contribution in [0.3, 0.4) is 0 Å². The highest BCUT2D eigenvalue weighted by Gasteiger charge is 2.06. The first kappa shape index (κ1) is 13.6. The molecule has 1 aromatic heterocycles. The number of thiazole rings is 1. The van der Waals surface area contributed by atoms with E-state index in [1.54, 1.807) is 11.3 Å². The Hall–Kier alpha value is -2.40. The van der Waals surface area contributed by atoms with Gasteiger partial charge in [-0.05, 0) is 30.7 Å². The Bertz CT molecular complexity index is 768. The minimum atomic E-state index is -0.459. The number of nitrogens with one attached hydrogen (secondary N) is 1. The Morgan fingerprint density at radius 2 is 2.05 bits per heavy atom. The molecule has 0 spiro atoms. The summed E-state index contributed by atoms with van der Waals surface area (Å²) in [5, 5.41) is 3.74. The van der Waals surface area contributed by atoms with Crippen LogP contribution in [0.4, 0.5) is 10.5 Å². The molecule has 0 aliphatic carbocycles. The molecule has 0 unspecified atom stereocenters. The normalized spacial score (nSPS) is 10.5. The average molecular weight is 298 g/mol. The van der Waals surface area contributed by atoms with Crippen molar-refractivity contribution in [3.05, 3.63) is 59.1 Å². The third-order valence-corrected chi connectivity index (χ3v) is 3.89. The number of nitrogens with zero attached hydrogens (tertiary/aromatic N) is 1. The molecule has 3 aromatic rings. The number of benzene rings is 2. The maximum absolute atomic E-state index is 11.8. The molecule has 21 heavy (non-hydrogen) atoms. The number of carbonyl (C=O) groups excluding carboxylic acids is 1. The second-order valence-corrected chi connectivity index (χ2v) is 5.84. The van der Waals surface area contributed by atoms with E-state index in [9.17, 15) is 4.79 Å². The molecular formula is C16H14N2O2S. The Balaban J connectivity index is 1.63. The van der Waals surface area contributed by atoms with Crippen LogP contribution in [0.2, 0.25) is 0 Å². The van der Waals surface area contributed by atoms with Crippen LogP contribution in [0.5, 0.6) is 0 Å². The van der Waals surface area contributed by atoms with Gasteiger partial charge in [-0.2, -0.15) is 0 Å². The number of carbonyl (C=O) groups is 1. The summed E-state index contributed by atoms with van der Waals surface area (Å²) in [5.41, 5.74) is 2.62. The zero-order valence-electron chi connectivity index (χ0n) is 11.5. The quantitative estimate of drug-likeness (QED) is 0.782. The van der Waals surface area contributed by atoms with Crippen molar-refractivity contribution in [2.75, 3.05) is 5.32 Å². The fraction of sp³-hybridized carbons (Fsp3) is 0.125. The summed E-state index contributed by atoms with van der Waals surface area (Å²) in [7, 11) is 0. The molecule has 5 heteroatoms. The molecule has 4 nitrogen and oxygen atoms in total. The van der Waals surface area contributed by atoms with Crippen molar-refractivity contribution in [3.63, 3.8) is 0 Å². The number of aromatic nitrogens is 1. The number of hydrogen-bond donors (Lipinski definition) is 1. The van der Waals surface area contributed by atoms with Gasteiger partial charge in [-0.3, -0.25) is 5.32 Å². The van der Waals surface area contributed by atoms with Crippen LogP contribution in [0.25, 0.3) is 10.2 Å². The van der Waals surface area contributed by atoms with Crippen molar-refractivity contribution in [2.45, 2.75) is 13.5 Å². The van der Waals surface area contributed by atoms with Gasteiger partial charge >= 0.3 is 6.09 Å². The van der Waals surface area contributed by atoms with Gasteiger partial charge in [-0.25, -0.2) is 9.78 Å². The number of ether oxygens (including phenoxy) is 1. The summed E-state index contributed by atoms with van der Waals surface area (Å²) in [6.07, 6.45) is -0.459. The molecule has 0 aliphatic heterocycles. The summed E-state index contributed by atoms with van der Waals surface area (Å²) in [6, 6.07) is 15.2. The minimum Gasteiger partial charge on any atom is -0.444 e. The zero-order chi connectivity index (χ0) is 14.7. The number of amides is 1. The van der Waals surface area contributed by atoms with E-state index in [0.717, 1.165) is 20.8 Å². The molecule has 0 atom stereocenters. The fourth-order valence-corrected chi connectivity index (χ4v) is 2.86. The topological polar surface area (TPSA) is 51.2 Å². The fourth-order valence-electron chi connectivity index (χ4n) is 1.99. The van der Waals surface area contributed by atoms with Gasteiger partial charge in [0, 0.05) is 5.69 Å². The zero-order valence-corrected chi connectivity index (χ0v) is 12.3. The lowest BCUT2D eigenvalue weighted by molar-refractivity contribution is 0.155. The molecule has 0 aliphatic rings. The van der Waals surface area contributed by atoms with Crippen LogP contribution in [-0.2, 0) is 11.3 Å². The molecule has 106 valence electrons. The smallest absolute Gasteiger partial charge is 0.411 e. The second kappa shape index (κ2) is 5.93. The molecule has 0 saturated heterocycles. The van der Waals surface area contributed by atoms with Crippen molar-refractivity contribution >= 4 is 33.3 Å². The number of rotatable bonds is 3. The van der Waals surface area contributed by atoms with E-state index in [1.165, 1.54) is 0 Å². The highest BCUT2D eigenvalue weighted by molar-refractivity contribution is 7.18. The van der Waals surface area contributed by atoms with Crippen LogP contribution in [-0.4, -0.2) is 11.1 Å². The average Bonchev–Trinajstić information content (AvgIpc) is 2.85. The van der Waals surface area contributed by atoms with Gasteiger partial charge in [0.2, 0.25) is 0 Å². The highest BCUT2D eigenvalue weighted by Crippen LogP contribution is 2.24. The van der Waals surface area contributed by atoms with Crippen LogP contribution in [0, 0.1) is 6.92 Å². The third-order valence-electron chi connectivity index (χ3n) is 2.95. The Labute approximate surface area is 126 Å². The number of anilines is 1. The lowest BCUT2D eigenvalue weighted by atomic mass is 10.2. The van der Waals surface area contributed by atoms with Crippen molar-refractivity contribution in [2.24, 2.45) is 0 Å². The van der Waals surface area contributed by atoms with E-state index in [1.807, 2.05) is 55.5 Å². The van der Waals surface area contributed by atoms with Gasteiger partial charge in [-0.15, -0.1) is 11.3 Å². The maximum Gasteiger partial charge on any atom is 0.411 e. The van der Waals surface area contributed by atoms with E-state index in [0.29, 0.717) is 5.69 Å². The first-order chi connectivity index (χ1) is 10.2. The number of hydrogen-bond acceptors (Lipinski definition) is 4. The van der Waals surface area contributed by atoms with Crippen molar-refractivity contribution in [1.82, 2.24) is 4.98 Å². The maximum atomic E-state index is 11.8. The molecule has 1 heterocycles. The molecule has 0 radical (unpaired) electrons. The molecule has 0 saturated carbocycles. The van der Waals surface area contributed by atoms with E-state index < -0.39 is 6.09 Å². The predicted molar refractivity (Wildman–Crippen MR) is 84.6 cm³/mol. The third kappa shape index (κ3) is 3.38. The molecule has 3 rings (SSSR count). The molecular weight excluding hydrogens is 284 g/mol. The van der Waals surface area contributed by atoms with Crippen LogP contribution in [0.15, 0.2) is 48.5 Å². The first-order valence-electron chi connectivity index (χ1n) is 6.55. The Morgan fingerprint density at radius 1 is 1.24 bits per heavy atom. The van der Waals surface area contributed by atoms with Gasteiger partial charge in [0.15, 0.2) is 0 Å². The molecule has 0 bridgehead atoms. The summed E-state index contributed by atoms with van der Waals surface area (Å²) < 4.78 is 6.24. The van der Waals surface area contributed by atoms with Crippen molar-refractivity contribution < 1.29 is 9.53 Å². The molecule has 0 fully saturated rings. The number of fused-ring (bicyclic) bond motifs is 1. The van der Waals surface area contributed by atoms with Gasteiger partial charge in [0.05, 0.1) is 15.2 Å². The minimum absolute atomic E-state index is 0.259. The standard InChI is InChI=1S/C16H14N2O2S/c1-11-17-14-8-7-13(9-15(14)21-11)18-16(19)20-10-12-5-3-2-4-6-12/h2-9H,10H2,1H3,(H,18,19). The summed E-state index contributed by atoms with van der Waals surface area (Å²) in [6.45, 7) is 2.22. The van der Waals surface area contributed by atoms with Gasteiger partial charge in [0.25, 0.3) is 0 Å². The summed E-state index contributed by atoms with van der Waals surface area (Å²) >= 11 is 1.60. The molecule has 2 aromatic carbocycles. The van der Waals surface area contributed by atoms with E-state index >= 15 is 0 Å². The molecule has 1 N–H and O–H groups in total. The molecule has 1 amide bonds. The highest BCUT2D eigenvalue weighted by atomic mass is 32.1. The summed E-state index contributed by atoms with van der Waals surface area (Å²) in [4.78, 5) is 16.2. The van der Waals surface area contributed by atoms with Crippen LogP contribution >= 0.6 is 11.3 Å². The monoisotopic (exact) mass is 298 g/mol. The van der Waals surface area contributed by atoms with Gasteiger partial charge in [0.1, 0.15) is 6.61 Å². The van der Waals surface area contributed by atoms with E-state index in [-0.39, 0.29) is 6.61 Å². The van der Waals surface area contributed by atoms with E-state index in [2.05, 4.69) is 10.3 Å². The van der Waals surface area contributed by atoms with Crippen LogP contribution in [0.1, 0.15) is 10.6 Å². The largest absolute Gasteiger partial charge is 0.444 e. The second-order valence-electron chi connectivity index (χ2n) is 4.60. The number of aryl methyl sites for hydroxylation is 1. The van der Waals surface area contributed by atoms with Gasteiger partial charge in [-0.1, -0.05) is 30.3 Å². The predicted octanol–water partition coefficient (Wildman–Crippen LogP) is 4.35. The lowest BCUT2D eigenvalue weighted by Gasteiger charge is -2.07. The van der Waals surface area contributed by atoms with Crippen LogP contribution < -0.4 is 5.32 Å². The Morgan fingerprint density at radius 3 is 2.86 bits per heavy atom. The van der Waals surface area contributed by atoms with Gasteiger partial charge < -0.3 is 4.74 Å². The SMILES string of the molecule is Cc1nc2ccc(NC(=O)OCc3ccccc3)cc2s1. The van der Waals surface area contributed by atoms with Crippen molar-refractivity contribution in [1.29, 1.82) is 0 Å². The first-order valence-corrected chi connectivity index (χ1v) is 7.37. The lowest BCUT2D eigenvalue weighted by Crippen LogP contribution is -2.13. The van der Waals surface area contributed by atoms with E-state index in [4.69, 9.17) is 4.74 Å². The Kier molecular flexibility index (Phi) is 3.83. The van der Waals surface area contributed by atoms with Crippen molar-refractivity contribution in [3.8, 4) is 0 Å². The summed E-state index contributed by atoms with van der Waals surface area (Å²) in [5.74, 6) is 0.